The average Bonchev–Trinajstić information content (AvgIpc) is 3.16. The van der Waals surface area contributed by atoms with Gasteiger partial charge in [0.1, 0.15) is 0 Å². The van der Waals surface area contributed by atoms with E-state index in [4.69, 9.17) is 9.41 Å². The highest BCUT2D eigenvalue weighted by molar-refractivity contribution is 14.0. The van der Waals surface area contributed by atoms with E-state index in [1.165, 1.54) is 6.26 Å². The van der Waals surface area contributed by atoms with Gasteiger partial charge in [-0.05, 0) is 25.0 Å². The van der Waals surface area contributed by atoms with E-state index in [9.17, 15) is 4.79 Å². The van der Waals surface area contributed by atoms with Crippen LogP contribution in [0.1, 0.15) is 44.2 Å². The Balaban J connectivity index is 0.00000312. The molecule has 7 heteroatoms. The molecule has 0 atom stereocenters. The fourth-order valence-corrected chi connectivity index (χ4v) is 2.87. The van der Waals surface area contributed by atoms with Crippen LogP contribution in [0, 0.1) is 5.92 Å². The Morgan fingerprint density at radius 1 is 1.20 bits per heavy atom. The van der Waals surface area contributed by atoms with Crippen LogP contribution in [0.4, 0.5) is 0 Å². The van der Waals surface area contributed by atoms with Crippen LogP contribution in [0.2, 0.25) is 0 Å². The van der Waals surface area contributed by atoms with Gasteiger partial charge < -0.3 is 19.5 Å². The zero-order valence-corrected chi connectivity index (χ0v) is 17.9. The molecule has 25 heavy (non-hydrogen) atoms. The molecule has 1 aliphatic heterocycles. The summed E-state index contributed by atoms with van der Waals surface area (Å²) in [4.78, 5) is 21.2. The minimum absolute atomic E-state index is 0. The number of nitrogens with zero attached hydrogens (tertiary/aromatic N) is 3. The summed E-state index contributed by atoms with van der Waals surface area (Å²) in [5.41, 5.74) is 0. The third-order valence-electron chi connectivity index (χ3n) is 4.59. The number of nitrogens with one attached hydrogen (secondary N) is 1. The number of aliphatic imine (C=N–C) groups is 1. The summed E-state index contributed by atoms with van der Waals surface area (Å²) >= 11 is 0. The predicted molar refractivity (Wildman–Crippen MR) is 112 cm³/mol. The molecule has 1 aromatic heterocycles. The molecule has 1 fully saturated rings. The summed E-state index contributed by atoms with van der Waals surface area (Å²) in [7, 11) is 0. The highest BCUT2D eigenvalue weighted by Crippen LogP contribution is 2.11. The molecule has 0 bridgehead atoms. The van der Waals surface area contributed by atoms with E-state index < -0.39 is 0 Å². The number of piperazine rings is 1. The van der Waals surface area contributed by atoms with Crippen molar-refractivity contribution >= 4 is 35.8 Å². The monoisotopic (exact) mass is 462 g/mol. The van der Waals surface area contributed by atoms with E-state index in [1.807, 2.05) is 4.90 Å². The Labute approximate surface area is 168 Å². The molecule has 0 radical (unpaired) electrons. The minimum atomic E-state index is -0.0291. The molecule has 1 N–H and O–H groups in total. The maximum atomic E-state index is 12.3. The molecular formula is C18H31IN4O2. The molecule has 1 amide bonds. The topological polar surface area (TPSA) is 61.1 Å². The van der Waals surface area contributed by atoms with Gasteiger partial charge in [-0.15, -0.1) is 24.0 Å². The van der Waals surface area contributed by atoms with Gasteiger partial charge >= 0.3 is 0 Å². The van der Waals surface area contributed by atoms with Crippen LogP contribution in [0.5, 0.6) is 0 Å². The molecule has 2 rings (SSSR count). The van der Waals surface area contributed by atoms with Crippen molar-refractivity contribution in [2.75, 3.05) is 39.3 Å². The fraction of sp³-hybridized carbons (Fsp3) is 0.667. The highest BCUT2D eigenvalue weighted by atomic mass is 127. The number of carbonyl (C=O) groups excluding carboxylic acids is 1. The number of halogens is 1. The lowest BCUT2D eigenvalue weighted by Gasteiger charge is -2.36. The Morgan fingerprint density at radius 3 is 2.36 bits per heavy atom. The average molecular weight is 462 g/mol. The van der Waals surface area contributed by atoms with E-state index in [-0.39, 0.29) is 29.9 Å². The summed E-state index contributed by atoms with van der Waals surface area (Å²) in [5.74, 6) is 1.99. The smallest absolute Gasteiger partial charge is 0.289 e. The zero-order chi connectivity index (χ0) is 17.4. The first-order chi connectivity index (χ1) is 11.7. The van der Waals surface area contributed by atoms with E-state index >= 15 is 0 Å². The van der Waals surface area contributed by atoms with Gasteiger partial charge in [0.15, 0.2) is 11.7 Å². The Morgan fingerprint density at radius 2 is 1.84 bits per heavy atom. The van der Waals surface area contributed by atoms with Gasteiger partial charge in [-0.1, -0.05) is 26.7 Å². The molecular weight excluding hydrogens is 431 g/mol. The van der Waals surface area contributed by atoms with Crippen molar-refractivity contribution in [2.45, 2.75) is 33.6 Å². The molecule has 0 saturated carbocycles. The van der Waals surface area contributed by atoms with Crippen LogP contribution in [0.25, 0.3) is 0 Å². The number of furan rings is 1. The zero-order valence-electron chi connectivity index (χ0n) is 15.5. The summed E-state index contributed by atoms with van der Waals surface area (Å²) in [6, 6.07) is 3.47. The molecule has 0 aliphatic carbocycles. The minimum Gasteiger partial charge on any atom is -0.459 e. The van der Waals surface area contributed by atoms with Crippen molar-refractivity contribution in [2.24, 2.45) is 10.9 Å². The van der Waals surface area contributed by atoms with Crippen molar-refractivity contribution in [3.05, 3.63) is 24.2 Å². The third-order valence-corrected chi connectivity index (χ3v) is 4.59. The summed E-state index contributed by atoms with van der Waals surface area (Å²) < 4.78 is 5.21. The lowest BCUT2D eigenvalue weighted by molar-refractivity contribution is 0.0657. The molecule has 1 aliphatic rings. The van der Waals surface area contributed by atoms with Gasteiger partial charge in [-0.3, -0.25) is 9.79 Å². The summed E-state index contributed by atoms with van der Waals surface area (Å²) in [6.07, 6.45) is 3.85. The van der Waals surface area contributed by atoms with Crippen LogP contribution < -0.4 is 5.32 Å². The van der Waals surface area contributed by atoms with E-state index in [0.717, 1.165) is 45.0 Å². The second-order valence-electron chi connectivity index (χ2n) is 6.13. The lowest BCUT2D eigenvalue weighted by Crippen LogP contribution is -2.53. The van der Waals surface area contributed by atoms with Crippen LogP contribution in [-0.4, -0.2) is 60.9 Å². The molecule has 0 aromatic carbocycles. The molecule has 1 aromatic rings. The number of guanidine groups is 1. The maximum Gasteiger partial charge on any atom is 0.289 e. The molecule has 0 unspecified atom stereocenters. The number of amides is 1. The van der Waals surface area contributed by atoms with Crippen LogP contribution >= 0.6 is 24.0 Å². The maximum absolute atomic E-state index is 12.3. The van der Waals surface area contributed by atoms with Gasteiger partial charge in [0.05, 0.1) is 6.26 Å². The molecule has 1 saturated heterocycles. The first kappa shape index (κ1) is 21.8. The highest BCUT2D eigenvalue weighted by Gasteiger charge is 2.25. The van der Waals surface area contributed by atoms with Crippen molar-refractivity contribution in [3.63, 3.8) is 0 Å². The normalized spacial score (nSPS) is 15.3. The van der Waals surface area contributed by atoms with Crippen LogP contribution in [-0.2, 0) is 0 Å². The Bertz CT molecular complexity index is 521. The molecule has 142 valence electrons. The SMILES string of the molecule is CCNC(=NCC(CC)CC)N1CCN(C(=O)c2ccco2)CC1.I. The van der Waals surface area contributed by atoms with Crippen molar-refractivity contribution < 1.29 is 9.21 Å². The Kier molecular flexibility index (Phi) is 9.92. The second-order valence-corrected chi connectivity index (χ2v) is 6.13. The summed E-state index contributed by atoms with van der Waals surface area (Å²) in [6.45, 7) is 11.2. The molecule has 0 spiro atoms. The molecule has 6 nitrogen and oxygen atoms in total. The van der Waals surface area contributed by atoms with Crippen molar-refractivity contribution in [3.8, 4) is 0 Å². The first-order valence-electron chi connectivity index (χ1n) is 9.05. The number of rotatable bonds is 6. The standard InChI is InChI=1S/C18H30N4O2.HI/c1-4-15(5-2)14-20-18(19-6-3)22-11-9-21(10-12-22)17(23)16-8-7-13-24-16;/h7-8,13,15H,4-6,9-12,14H2,1-3H3,(H,19,20);1H. The van der Waals surface area contributed by atoms with Crippen molar-refractivity contribution in [1.82, 2.24) is 15.1 Å². The van der Waals surface area contributed by atoms with Crippen LogP contribution in [0.3, 0.4) is 0 Å². The first-order valence-corrected chi connectivity index (χ1v) is 9.05. The van der Waals surface area contributed by atoms with Crippen LogP contribution in [0.15, 0.2) is 27.8 Å². The largest absolute Gasteiger partial charge is 0.459 e. The molecule has 2 heterocycles. The van der Waals surface area contributed by atoms with Gasteiger partial charge in [-0.2, -0.15) is 0 Å². The summed E-state index contributed by atoms with van der Waals surface area (Å²) in [5, 5.41) is 3.38. The number of carbonyl (C=O) groups is 1. The Hall–Kier alpha value is -1.25. The van der Waals surface area contributed by atoms with E-state index in [2.05, 4.69) is 31.0 Å². The third kappa shape index (κ3) is 6.20. The van der Waals surface area contributed by atoms with Gasteiger partial charge in [0.2, 0.25) is 0 Å². The van der Waals surface area contributed by atoms with Gasteiger partial charge in [0, 0.05) is 39.3 Å². The van der Waals surface area contributed by atoms with Gasteiger partial charge in [0.25, 0.3) is 5.91 Å². The lowest BCUT2D eigenvalue weighted by atomic mass is 10.0. The van der Waals surface area contributed by atoms with E-state index in [0.29, 0.717) is 24.8 Å². The quantitative estimate of drug-likeness (QED) is 0.401. The number of hydrogen-bond donors (Lipinski definition) is 1. The fourth-order valence-electron chi connectivity index (χ4n) is 2.87. The van der Waals surface area contributed by atoms with Crippen molar-refractivity contribution in [1.29, 1.82) is 0 Å². The van der Waals surface area contributed by atoms with Gasteiger partial charge in [-0.25, -0.2) is 0 Å². The second kappa shape index (κ2) is 11.4. The van der Waals surface area contributed by atoms with E-state index in [1.54, 1.807) is 12.1 Å². The number of hydrogen-bond acceptors (Lipinski definition) is 3. The predicted octanol–water partition coefficient (Wildman–Crippen LogP) is 3.06.